The first-order valence-electron chi connectivity index (χ1n) is 7.53. The second-order valence-electron chi connectivity index (χ2n) is 6.39. The predicted octanol–water partition coefficient (Wildman–Crippen LogP) is 3.80. The van der Waals surface area contributed by atoms with E-state index in [0.717, 1.165) is 36.2 Å². The smallest absolute Gasteiger partial charge is 0.410 e. The first kappa shape index (κ1) is 15.7. The molecule has 1 aliphatic carbocycles. The fourth-order valence-corrected chi connectivity index (χ4v) is 2.56. The molecule has 0 fully saturated rings. The lowest BCUT2D eigenvalue weighted by Crippen LogP contribution is -2.40. The number of rotatable bonds is 2. The van der Waals surface area contributed by atoms with Gasteiger partial charge >= 0.3 is 6.09 Å². The molecule has 4 heteroatoms. The molecule has 2 rings (SSSR count). The van der Waals surface area contributed by atoms with E-state index in [4.69, 9.17) is 9.47 Å². The monoisotopic (exact) mass is 291 g/mol. The number of allylic oxidation sites excluding steroid dienone is 3. The molecule has 0 saturated heterocycles. The topological polar surface area (TPSA) is 38.8 Å². The SMILES string of the molecule is COC1=CCCC=C1C1=CCCN(C(=O)OC(C)(C)C)C1. The van der Waals surface area contributed by atoms with E-state index < -0.39 is 5.60 Å². The third-order valence-electron chi connectivity index (χ3n) is 3.48. The van der Waals surface area contributed by atoms with E-state index in [2.05, 4.69) is 18.2 Å². The lowest BCUT2D eigenvalue weighted by atomic mass is 9.94. The maximum Gasteiger partial charge on any atom is 0.410 e. The molecule has 4 nitrogen and oxygen atoms in total. The first-order valence-corrected chi connectivity index (χ1v) is 7.53. The van der Waals surface area contributed by atoms with Gasteiger partial charge in [-0.05, 0) is 51.7 Å². The molecule has 2 aliphatic rings. The number of hydrogen-bond acceptors (Lipinski definition) is 3. The predicted molar refractivity (Wildman–Crippen MR) is 82.9 cm³/mol. The van der Waals surface area contributed by atoms with E-state index in [1.807, 2.05) is 20.8 Å². The van der Waals surface area contributed by atoms with Gasteiger partial charge in [-0.3, -0.25) is 0 Å². The molecule has 1 heterocycles. The molecular weight excluding hydrogens is 266 g/mol. The Bertz CT molecular complexity index is 495. The summed E-state index contributed by atoms with van der Waals surface area (Å²) in [6.07, 6.45) is 9.15. The van der Waals surface area contributed by atoms with Gasteiger partial charge in [-0.2, -0.15) is 0 Å². The summed E-state index contributed by atoms with van der Waals surface area (Å²) in [6.45, 7) is 6.96. The standard InChI is InChI=1S/C17H25NO3/c1-17(2,3)21-16(19)18-11-7-8-13(12-18)14-9-5-6-10-15(14)20-4/h8-10H,5-7,11-12H2,1-4H3. The summed E-state index contributed by atoms with van der Waals surface area (Å²) in [7, 11) is 1.69. The van der Waals surface area contributed by atoms with Crippen LogP contribution >= 0.6 is 0 Å². The van der Waals surface area contributed by atoms with Crippen molar-refractivity contribution in [3.05, 3.63) is 35.1 Å². The minimum Gasteiger partial charge on any atom is -0.496 e. The highest BCUT2D eigenvalue weighted by Gasteiger charge is 2.26. The van der Waals surface area contributed by atoms with Crippen LogP contribution in [-0.2, 0) is 9.47 Å². The van der Waals surface area contributed by atoms with E-state index in [-0.39, 0.29) is 6.09 Å². The van der Waals surface area contributed by atoms with Gasteiger partial charge < -0.3 is 14.4 Å². The highest BCUT2D eigenvalue weighted by molar-refractivity contribution is 5.69. The van der Waals surface area contributed by atoms with Gasteiger partial charge in [-0.25, -0.2) is 4.79 Å². The summed E-state index contributed by atoms with van der Waals surface area (Å²) in [5.41, 5.74) is 1.82. The summed E-state index contributed by atoms with van der Waals surface area (Å²) in [5, 5.41) is 0. The number of ether oxygens (including phenoxy) is 2. The Morgan fingerprint density at radius 3 is 2.52 bits per heavy atom. The normalized spacial score (nSPS) is 19.4. The summed E-state index contributed by atoms with van der Waals surface area (Å²) < 4.78 is 10.9. The molecule has 0 bridgehead atoms. The third-order valence-corrected chi connectivity index (χ3v) is 3.48. The van der Waals surface area contributed by atoms with Crippen molar-refractivity contribution in [1.82, 2.24) is 4.90 Å². The lowest BCUT2D eigenvalue weighted by molar-refractivity contribution is 0.0263. The molecule has 21 heavy (non-hydrogen) atoms. The first-order chi connectivity index (χ1) is 9.90. The minimum atomic E-state index is -0.458. The summed E-state index contributed by atoms with van der Waals surface area (Å²) in [6, 6.07) is 0. The van der Waals surface area contributed by atoms with Crippen molar-refractivity contribution in [3.63, 3.8) is 0 Å². The molecule has 0 aromatic carbocycles. The van der Waals surface area contributed by atoms with Gasteiger partial charge in [0.1, 0.15) is 11.4 Å². The van der Waals surface area contributed by atoms with Crippen molar-refractivity contribution < 1.29 is 14.3 Å². The van der Waals surface area contributed by atoms with E-state index in [1.54, 1.807) is 12.0 Å². The van der Waals surface area contributed by atoms with Crippen LogP contribution in [0.1, 0.15) is 40.0 Å². The van der Waals surface area contributed by atoms with Crippen molar-refractivity contribution in [2.24, 2.45) is 0 Å². The average Bonchev–Trinajstić information content (AvgIpc) is 2.45. The van der Waals surface area contributed by atoms with Gasteiger partial charge in [-0.15, -0.1) is 0 Å². The van der Waals surface area contributed by atoms with Gasteiger partial charge in [-0.1, -0.05) is 12.2 Å². The van der Waals surface area contributed by atoms with Crippen LogP contribution in [-0.4, -0.2) is 36.8 Å². The van der Waals surface area contributed by atoms with Gasteiger partial charge in [0.05, 0.1) is 7.11 Å². The molecule has 0 atom stereocenters. The Balaban J connectivity index is 2.07. The Labute approximate surface area is 127 Å². The molecule has 0 spiro atoms. The second kappa shape index (κ2) is 6.37. The molecule has 1 aliphatic heterocycles. The molecule has 1 amide bonds. The van der Waals surface area contributed by atoms with Gasteiger partial charge in [0.15, 0.2) is 0 Å². The number of methoxy groups -OCH3 is 1. The largest absolute Gasteiger partial charge is 0.496 e. The molecule has 0 N–H and O–H groups in total. The number of hydrogen-bond donors (Lipinski definition) is 0. The second-order valence-corrected chi connectivity index (χ2v) is 6.39. The minimum absolute atomic E-state index is 0.243. The molecular formula is C17H25NO3. The van der Waals surface area contributed by atoms with Crippen LogP contribution < -0.4 is 0 Å². The fraction of sp³-hybridized carbons (Fsp3) is 0.588. The highest BCUT2D eigenvalue weighted by atomic mass is 16.6. The van der Waals surface area contributed by atoms with Crippen LogP contribution in [0.2, 0.25) is 0 Å². The highest BCUT2D eigenvalue weighted by Crippen LogP contribution is 2.29. The molecule has 0 unspecified atom stereocenters. The maximum absolute atomic E-state index is 12.2. The van der Waals surface area contributed by atoms with Crippen LogP contribution in [0.25, 0.3) is 0 Å². The lowest BCUT2D eigenvalue weighted by Gasteiger charge is -2.31. The maximum atomic E-state index is 12.2. The zero-order chi connectivity index (χ0) is 15.5. The Morgan fingerprint density at radius 2 is 1.86 bits per heavy atom. The number of amides is 1. The van der Waals surface area contributed by atoms with E-state index in [1.165, 1.54) is 0 Å². The van der Waals surface area contributed by atoms with Gasteiger partial charge in [0.2, 0.25) is 0 Å². The van der Waals surface area contributed by atoms with Gasteiger partial charge in [0, 0.05) is 18.7 Å². The zero-order valence-corrected chi connectivity index (χ0v) is 13.4. The number of carbonyl (C=O) groups excluding carboxylic acids is 1. The summed E-state index contributed by atoms with van der Waals surface area (Å²) in [5.74, 6) is 0.915. The van der Waals surface area contributed by atoms with E-state index in [9.17, 15) is 4.79 Å². The third kappa shape index (κ3) is 4.13. The van der Waals surface area contributed by atoms with E-state index >= 15 is 0 Å². The summed E-state index contributed by atoms with van der Waals surface area (Å²) >= 11 is 0. The van der Waals surface area contributed by atoms with Crippen LogP contribution in [0.15, 0.2) is 35.1 Å². The van der Waals surface area contributed by atoms with Crippen molar-refractivity contribution in [2.75, 3.05) is 20.2 Å². The van der Waals surface area contributed by atoms with Crippen molar-refractivity contribution in [3.8, 4) is 0 Å². The quantitative estimate of drug-likeness (QED) is 0.776. The molecule has 0 radical (unpaired) electrons. The van der Waals surface area contributed by atoms with Crippen molar-refractivity contribution in [1.29, 1.82) is 0 Å². The van der Waals surface area contributed by atoms with Crippen molar-refractivity contribution in [2.45, 2.75) is 45.6 Å². The zero-order valence-electron chi connectivity index (χ0n) is 13.4. The van der Waals surface area contributed by atoms with Crippen LogP contribution in [0.5, 0.6) is 0 Å². The van der Waals surface area contributed by atoms with E-state index in [0.29, 0.717) is 13.1 Å². The molecule has 0 aromatic heterocycles. The number of carbonyl (C=O) groups is 1. The molecule has 0 aromatic rings. The van der Waals surface area contributed by atoms with Crippen molar-refractivity contribution >= 4 is 6.09 Å². The average molecular weight is 291 g/mol. The summed E-state index contributed by atoms with van der Waals surface area (Å²) in [4.78, 5) is 14.0. The van der Waals surface area contributed by atoms with Crippen LogP contribution in [0, 0.1) is 0 Å². The molecule has 0 saturated carbocycles. The number of nitrogens with zero attached hydrogens (tertiary/aromatic N) is 1. The fourth-order valence-electron chi connectivity index (χ4n) is 2.56. The Hall–Kier alpha value is -1.71. The van der Waals surface area contributed by atoms with Gasteiger partial charge in [0.25, 0.3) is 0 Å². The van der Waals surface area contributed by atoms with Crippen LogP contribution in [0.3, 0.4) is 0 Å². The van der Waals surface area contributed by atoms with Crippen LogP contribution in [0.4, 0.5) is 4.79 Å². The Kier molecular flexibility index (Phi) is 4.76. The molecule has 116 valence electrons. The Morgan fingerprint density at radius 1 is 1.14 bits per heavy atom.